The molecule has 1 atom stereocenters. The van der Waals surface area contributed by atoms with Crippen molar-refractivity contribution in [3.05, 3.63) is 42.4 Å². The Morgan fingerprint density at radius 1 is 1.35 bits per heavy atom. The van der Waals surface area contributed by atoms with Gasteiger partial charge in [-0.15, -0.1) is 10.2 Å². The lowest BCUT2D eigenvalue weighted by Crippen LogP contribution is -2.47. The van der Waals surface area contributed by atoms with E-state index in [0.29, 0.717) is 12.6 Å². The van der Waals surface area contributed by atoms with Crippen LogP contribution in [0.5, 0.6) is 0 Å². The number of hydrogen-bond donors (Lipinski definition) is 2. The largest absolute Gasteiger partial charge is 0.357 e. The monoisotopic (exact) mass is 353 g/mol. The number of pyridine rings is 1. The Bertz CT molecular complexity index is 894. The van der Waals surface area contributed by atoms with Gasteiger partial charge in [0, 0.05) is 38.2 Å². The summed E-state index contributed by atoms with van der Waals surface area (Å²) in [5.41, 5.74) is 0.863. The molecule has 0 saturated carbocycles. The average Bonchev–Trinajstić information content (AvgIpc) is 3.28. The van der Waals surface area contributed by atoms with E-state index in [4.69, 9.17) is 4.99 Å². The van der Waals surface area contributed by atoms with Crippen molar-refractivity contribution in [3.63, 3.8) is 0 Å². The first-order valence-corrected chi connectivity index (χ1v) is 9.03. The minimum absolute atomic E-state index is 0.302. The summed E-state index contributed by atoms with van der Waals surface area (Å²) in [6, 6.07) is 6.20. The normalized spacial score (nSPS) is 17.3. The van der Waals surface area contributed by atoms with Gasteiger partial charge in [0.2, 0.25) is 0 Å². The summed E-state index contributed by atoms with van der Waals surface area (Å²) in [5.74, 6) is 2.81. The van der Waals surface area contributed by atoms with Gasteiger partial charge >= 0.3 is 0 Å². The summed E-state index contributed by atoms with van der Waals surface area (Å²) in [5, 5.41) is 19.5. The molecule has 4 heterocycles. The lowest BCUT2D eigenvalue weighted by atomic mass is 10.1. The van der Waals surface area contributed by atoms with Crippen LogP contribution in [0.2, 0.25) is 0 Å². The molecule has 1 aliphatic heterocycles. The van der Waals surface area contributed by atoms with Gasteiger partial charge in [0.1, 0.15) is 18.0 Å². The second-order valence-electron chi connectivity index (χ2n) is 6.29. The Labute approximate surface area is 151 Å². The molecule has 4 rings (SSSR count). The molecule has 3 aromatic rings. The molecule has 0 saturated heterocycles. The van der Waals surface area contributed by atoms with Crippen LogP contribution in [0.15, 0.2) is 35.7 Å². The number of guanidine groups is 1. The minimum Gasteiger partial charge on any atom is -0.357 e. The molecule has 2 N–H and O–H groups in total. The van der Waals surface area contributed by atoms with Crippen molar-refractivity contribution in [1.29, 1.82) is 0 Å². The van der Waals surface area contributed by atoms with Crippen LogP contribution >= 0.6 is 0 Å². The van der Waals surface area contributed by atoms with Gasteiger partial charge in [-0.25, -0.2) is 9.67 Å². The van der Waals surface area contributed by atoms with Crippen molar-refractivity contribution in [2.75, 3.05) is 13.1 Å². The molecular weight excluding hydrogens is 330 g/mol. The van der Waals surface area contributed by atoms with Crippen LogP contribution in [-0.4, -0.2) is 54.5 Å². The summed E-state index contributed by atoms with van der Waals surface area (Å²) in [6.45, 7) is 4.35. The van der Waals surface area contributed by atoms with Crippen molar-refractivity contribution in [1.82, 2.24) is 40.0 Å². The third kappa shape index (κ3) is 3.51. The average molecular weight is 353 g/mol. The number of aliphatic imine (C=N–C) groups is 1. The van der Waals surface area contributed by atoms with Crippen LogP contribution < -0.4 is 10.6 Å². The Hall–Kier alpha value is -2.97. The van der Waals surface area contributed by atoms with Crippen LogP contribution in [0, 0.1) is 0 Å². The molecule has 9 nitrogen and oxygen atoms in total. The van der Waals surface area contributed by atoms with E-state index >= 15 is 0 Å². The van der Waals surface area contributed by atoms with Crippen molar-refractivity contribution < 1.29 is 0 Å². The lowest BCUT2D eigenvalue weighted by Gasteiger charge is -2.25. The fourth-order valence-electron chi connectivity index (χ4n) is 3.20. The van der Waals surface area contributed by atoms with Gasteiger partial charge in [-0.3, -0.25) is 9.39 Å². The zero-order valence-electron chi connectivity index (χ0n) is 14.8. The highest BCUT2D eigenvalue weighted by Crippen LogP contribution is 2.11. The highest BCUT2D eigenvalue weighted by atomic mass is 15.4. The van der Waals surface area contributed by atoms with Gasteiger partial charge in [0.05, 0.1) is 6.54 Å². The number of aryl methyl sites for hydroxylation is 1. The van der Waals surface area contributed by atoms with Gasteiger partial charge in [-0.05, 0) is 25.5 Å². The van der Waals surface area contributed by atoms with E-state index in [2.05, 4.69) is 37.8 Å². The molecule has 9 heteroatoms. The predicted octanol–water partition coefficient (Wildman–Crippen LogP) is 0.433. The summed E-state index contributed by atoms with van der Waals surface area (Å²) in [4.78, 5) is 8.97. The summed E-state index contributed by atoms with van der Waals surface area (Å²) < 4.78 is 3.97. The second kappa shape index (κ2) is 7.51. The number of rotatable bonds is 5. The van der Waals surface area contributed by atoms with E-state index in [-0.39, 0.29) is 0 Å². The second-order valence-corrected chi connectivity index (χ2v) is 6.29. The third-order valence-electron chi connectivity index (χ3n) is 4.48. The topological polar surface area (TPSA) is 97.3 Å². The summed E-state index contributed by atoms with van der Waals surface area (Å²) in [7, 11) is 0. The van der Waals surface area contributed by atoms with E-state index in [9.17, 15) is 0 Å². The van der Waals surface area contributed by atoms with Crippen molar-refractivity contribution in [2.45, 2.75) is 38.8 Å². The molecule has 1 aliphatic rings. The highest BCUT2D eigenvalue weighted by Gasteiger charge is 2.20. The molecular formula is C17H23N9. The summed E-state index contributed by atoms with van der Waals surface area (Å²) >= 11 is 0. The Morgan fingerprint density at radius 2 is 2.31 bits per heavy atom. The molecule has 1 unspecified atom stereocenters. The van der Waals surface area contributed by atoms with E-state index in [1.54, 1.807) is 6.33 Å². The van der Waals surface area contributed by atoms with Gasteiger partial charge in [-0.1, -0.05) is 6.07 Å². The predicted molar refractivity (Wildman–Crippen MR) is 97.9 cm³/mol. The first kappa shape index (κ1) is 16.5. The molecule has 3 aromatic heterocycles. The smallest absolute Gasteiger partial charge is 0.191 e. The molecule has 0 fully saturated rings. The number of aromatic nitrogens is 6. The lowest BCUT2D eigenvalue weighted by molar-refractivity contribution is 0.393. The van der Waals surface area contributed by atoms with E-state index in [1.807, 2.05) is 33.5 Å². The molecule has 26 heavy (non-hydrogen) atoms. The number of hydrogen-bond acceptors (Lipinski definition) is 5. The standard InChI is InChI=1S/C17H23N9/c1-2-18-17(22-13-6-7-14-20-12-21-26(14)11-13)19-9-8-16-24-23-15-5-3-4-10-25(15)16/h3-5,10,12-13H,2,6-9,11H2,1H3,(H2,18,19,22). The number of nitrogens with one attached hydrogen (secondary N) is 2. The van der Waals surface area contributed by atoms with Gasteiger partial charge in [0.15, 0.2) is 11.6 Å². The molecule has 0 amide bonds. The third-order valence-corrected chi connectivity index (χ3v) is 4.48. The maximum atomic E-state index is 4.70. The molecule has 0 radical (unpaired) electrons. The van der Waals surface area contributed by atoms with Gasteiger partial charge in [-0.2, -0.15) is 5.10 Å². The van der Waals surface area contributed by atoms with Crippen LogP contribution in [0.1, 0.15) is 25.0 Å². The Balaban J connectivity index is 1.38. The minimum atomic E-state index is 0.302. The fraction of sp³-hybridized carbons (Fsp3) is 0.471. The van der Waals surface area contributed by atoms with Crippen LogP contribution in [-0.2, 0) is 19.4 Å². The Morgan fingerprint density at radius 3 is 3.23 bits per heavy atom. The first-order valence-electron chi connectivity index (χ1n) is 9.03. The Kier molecular flexibility index (Phi) is 4.76. The number of nitrogens with zero attached hydrogens (tertiary/aromatic N) is 7. The zero-order valence-corrected chi connectivity index (χ0v) is 14.8. The zero-order chi connectivity index (χ0) is 17.8. The first-order chi connectivity index (χ1) is 12.8. The van der Waals surface area contributed by atoms with Crippen molar-refractivity contribution in [2.24, 2.45) is 4.99 Å². The van der Waals surface area contributed by atoms with Crippen molar-refractivity contribution >= 4 is 11.6 Å². The van der Waals surface area contributed by atoms with E-state index in [1.165, 1.54) is 0 Å². The van der Waals surface area contributed by atoms with Gasteiger partial charge in [0.25, 0.3) is 0 Å². The number of fused-ring (bicyclic) bond motifs is 2. The van der Waals surface area contributed by atoms with Gasteiger partial charge < -0.3 is 10.6 Å². The van der Waals surface area contributed by atoms with Crippen molar-refractivity contribution in [3.8, 4) is 0 Å². The maximum Gasteiger partial charge on any atom is 0.191 e. The van der Waals surface area contributed by atoms with E-state index in [0.717, 1.165) is 55.6 Å². The molecule has 136 valence electrons. The maximum absolute atomic E-state index is 4.70. The fourth-order valence-corrected chi connectivity index (χ4v) is 3.20. The molecule has 0 aliphatic carbocycles. The van der Waals surface area contributed by atoms with E-state index < -0.39 is 0 Å². The molecule has 0 spiro atoms. The molecule has 0 bridgehead atoms. The highest BCUT2D eigenvalue weighted by molar-refractivity contribution is 5.80. The molecule has 0 aromatic carbocycles. The quantitative estimate of drug-likeness (QED) is 0.510. The summed E-state index contributed by atoms with van der Waals surface area (Å²) in [6.07, 6.45) is 6.30. The SMILES string of the molecule is CCNC(=NCCc1nnc2ccccn12)NC1CCc2ncnn2C1. The van der Waals surface area contributed by atoms with Crippen LogP contribution in [0.4, 0.5) is 0 Å². The van der Waals surface area contributed by atoms with Crippen LogP contribution in [0.25, 0.3) is 5.65 Å². The van der Waals surface area contributed by atoms with Crippen LogP contribution in [0.3, 0.4) is 0 Å².